The van der Waals surface area contributed by atoms with Crippen LogP contribution in [-0.4, -0.2) is 5.11 Å². The molecular formula is C6H6FNO2. The van der Waals surface area contributed by atoms with Gasteiger partial charge in [-0.15, -0.1) is 0 Å². The lowest BCUT2D eigenvalue weighted by atomic mass is 10.3. The van der Waals surface area contributed by atoms with Gasteiger partial charge in [-0.2, -0.15) is 5.90 Å². The van der Waals surface area contributed by atoms with E-state index in [2.05, 4.69) is 4.84 Å². The zero-order valence-electron chi connectivity index (χ0n) is 5.04. The Morgan fingerprint density at radius 1 is 1.50 bits per heavy atom. The highest BCUT2D eigenvalue weighted by Gasteiger charge is 1.99. The molecule has 1 aromatic rings. The number of benzene rings is 1. The van der Waals surface area contributed by atoms with Gasteiger partial charge in [-0.05, 0) is 12.1 Å². The highest BCUT2D eigenvalue weighted by atomic mass is 19.1. The van der Waals surface area contributed by atoms with Crippen molar-refractivity contribution in [1.82, 2.24) is 0 Å². The Hall–Kier alpha value is -1.29. The van der Waals surface area contributed by atoms with Crippen LogP contribution < -0.4 is 10.7 Å². The average Bonchev–Trinajstić information content (AvgIpc) is 1.95. The summed E-state index contributed by atoms with van der Waals surface area (Å²) in [5.74, 6) is 3.79. The number of phenolic OH excluding ortho intramolecular Hbond substituents is 1. The van der Waals surface area contributed by atoms with Crippen LogP contribution in [0.3, 0.4) is 0 Å². The maximum absolute atomic E-state index is 12.3. The van der Waals surface area contributed by atoms with Gasteiger partial charge in [0.25, 0.3) is 0 Å². The van der Waals surface area contributed by atoms with E-state index in [1.807, 2.05) is 0 Å². The molecule has 0 aromatic heterocycles. The number of aromatic hydroxyl groups is 1. The molecule has 10 heavy (non-hydrogen) atoms. The largest absolute Gasteiger partial charge is 0.505 e. The molecule has 1 aromatic carbocycles. The first kappa shape index (κ1) is 6.82. The summed E-state index contributed by atoms with van der Waals surface area (Å²) in [4.78, 5) is 4.22. The Bertz CT molecular complexity index is 239. The molecule has 0 aliphatic carbocycles. The third-order valence-corrected chi connectivity index (χ3v) is 1.05. The van der Waals surface area contributed by atoms with Gasteiger partial charge in [-0.1, -0.05) is 0 Å². The van der Waals surface area contributed by atoms with Crippen molar-refractivity contribution in [2.24, 2.45) is 5.90 Å². The zero-order chi connectivity index (χ0) is 7.56. The molecule has 54 valence electrons. The van der Waals surface area contributed by atoms with Crippen LogP contribution in [0.2, 0.25) is 0 Å². The molecular weight excluding hydrogens is 137 g/mol. The van der Waals surface area contributed by atoms with Crippen LogP contribution in [0.15, 0.2) is 18.2 Å². The minimum Gasteiger partial charge on any atom is -0.505 e. The summed E-state index contributed by atoms with van der Waals surface area (Å²) in [5, 5.41) is 8.72. The number of rotatable bonds is 1. The molecule has 0 spiro atoms. The Balaban J connectivity index is 3.04. The molecule has 0 heterocycles. The minimum absolute atomic E-state index is 0.221. The Labute approximate surface area is 56.8 Å². The first-order valence-corrected chi connectivity index (χ1v) is 2.59. The second kappa shape index (κ2) is 2.53. The number of phenols is 1. The summed E-state index contributed by atoms with van der Waals surface area (Å²) in [5.41, 5.74) is 0. The molecule has 0 fully saturated rings. The predicted molar refractivity (Wildman–Crippen MR) is 32.9 cm³/mol. The van der Waals surface area contributed by atoms with Crippen LogP contribution in [0.4, 0.5) is 4.39 Å². The molecule has 0 unspecified atom stereocenters. The van der Waals surface area contributed by atoms with Crippen LogP contribution in [0.5, 0.6) is 11.5 Å². The average molecular weight is 143 g/mol. The molecule has 0 bridgehead atoms. The van der Waals surface area contributed by atoms with E-state index < -0.39 is 11.6 Å². The van der Waals surface area contributed by atoms with Gasteiger partial charge in [-0.25, -0.2) is 4.39 Å². The van der Waals surface area contributed by atoms with Crippen molar-refractivity contribution in [3.8, 4) is 11.5 Å². The van der Waals surface area contributed by atoms with Gasteiger partial charge >= 0.3 is 0 Å². The molecule has 3 nitrogen and oxygen atoms in total. The highest BCUT2D eigenvalue weighted by molar-refractivity contribution is 5.32. The van der Waals surface area contributed by atoms with Gasteiger partial charge in [0.2, 0.25) is 0 Å². The lowest BCUT2D eigenvalue weighted by Crippen LogP contribution is -2.01. The van der Waals surface area contributed by atoms with Crippen molar-refractivity contribution in [2.45, 2.75) is 0 Å². The quantitative estimate of drug-likeness (QED) is 0.571. The maximum atomic E-state index is 12.3. The summed E-state index contributed by atoms with van der Waals surface area (Å²) >= 11 is 0. The van der Waals surface area contributed by atoms with Crippen LogP contribution >= 0.6 is 0 Å². The Kier molecular flexibility index (Phi) is 1.73. The van der Waals surface area contributed by atoms with Gasteiger partial charge < -0.3 is 9.94 Å². The molecule has 0 atom stereocenters. The molecule has 3 N–H and O–H groups in total. The van der Waals surface area contributed by atoms with Gasteiger partial charge in [-0.3, -0.25) is 0 Å². The molecule has 0 saturated carbocycles. The number of halogens is 1. The predicted octanol–water partition coefficient (Wildman–Crippen LogP) is 0.784. The van der Waals surface area contributed by atoms with Crippen molar-refractivity contribution in [3.63, 3.8) is 0 Å². The second-order valence-corrected chi connectivity index (χ2v) is 1.73. The number of nitrogens with two attached hydrogens (primary N) is 1. The topological polar surface area (TPSA) is 55.5 Å². The monoisotopic (exact) mass is 143 g/mol. The smallest absolute Gasteiger partial charge is 0.165 e. The van der Waals surface area contributed by atoms with E-state index in [1.54, 1.807) is 0 Å². The molecule has 0 radical (unpaired) electrons. The molecule has 1 rings (SSSR count). The lowest BCUT2D eigenvalue weighted by molar-refractivity contribution is 0.330. The van der Waals surface area contributed by atoms with Gasteiger partial charge in [0.1, 0.15) is 0 Å². The van der Waals surface area contributed by atoms with Gasteiger partial charge in [0.15, 0.2) is 17.3 Å². The summed E-state index contributed by atoms with van der Waals surface area (Å²) in [6.45, 7) is 0. The summed E-state index contributed by atoms with van der Waals surface area (Å²) in [6, 6.07) is 3.47. The van der Waals surface area contributed by atoms with Crippen molar-refractivity contribution < 1.29 is 14.3 Å². The maximum Gasteiger partial charge on any atom is 0.165 e. The van der Waals surface area contributed by atoms with Gasteiger partial charge in [0, 0.05) is 6.07 Å². The van der Waals surface area contributed by atoms with Crippen molar-refractivity contribution in [2.75, 3.05) is 0 Å². The Morgan fingerprint density at radius 3 is 2.70 bits per heavy atom. The summed E-state index contributed by atoms with van der Waals surface area (Å²) < 4.78 is 12.3. The third kappa shape index (κ3) is 1.16. The normalized spacial score (nSPS) is 9.40. The fourth-order valence-corrected chi connectivity index (χ4v) is 0.566. The molecule has 4 heteroatoms. The first-order valence-electron chi connectivity index (χ1n) is 2.59. The third-order valence-electron chi connectivity index (χ3n) is 1.05. The Morgan fingerprint density at radius 2 is 2.20 bits per heavy atom. The highest BCUT2D eigenvalue weighted by Crippen LogP contribution is 2.20. The van der Waals surface area contributed by atoms with Gasteiger partial charge in [0.05, 0.1) is 0 Å². The van der Waals surface area contributed by atoms with E-state index in [-0.39, 0.29) is 5.75 Å². The first-order chi connectivity index (χ1) is 4.74. The molecule has 0 aliphatic heterocycles. The van der Waals surface area contributed by atoms with Crippen LogP contribution in [0.25, 0.3) is 0 Å². The van der Waals surface area contributed by atoms with E-state index in [9.17, 15) is 4.39 Å². The van der Waals surface area contributed by atoms with Crippen molar-refractivity contribution in [1.29, 1.82) is 0 Å². The second-order valence-electron chi connectivity index (χ2n) is 1.73. The number of hydrogen-bond acceptors (Lipinski definition) is 3. The lowest BCUT2D eigenvalue weighted by Gasteiger charge is -1.98. The van der Waals surface area contributed by atoms with Crippen LogP contribution in [0.1, 0.15) is 0 Å². The van der Waals surface area contributed by atoms with Crippen LogP contribution in [-0.2, 0) is 0 Å². The van der Waals surface area contributed by atoms with E-state index >= 15 is 0 Å². The van der Waals surface area contributed by atoms with E-state index in [1.165, 1.54) is 6.07 Å². The van der Waals surface area contributed by atoms with Crippen LogP contribution in [0, 0.1) is 5.82 Å². The molecule has 0 aliphatic rings. The standard InChI is InChI=1S/C6H6FNO2/c7-5-2-1-4(10-8)3-6(5)9/h1-3,9H,8H2. The van der Waals surface area contributed by atoms with E-state index in [0.717, 1.165) is 12.1 Å². The zero-order valence-corrected chi connectivity index (χ0v) is 5.04. The van der Waals surface area contributed by atoms with E-state index in [0.29, 0.717) is 0 Å². The fourth-order valence-electron chi connectivity index (χ4n) is 0.566. The summed E-state index contributed by atoms with van der Waals surface area (Å²) in [7, 11) is 0. The fraction of sp³-hybridized carbons (Fsp3) is 0. The number of hydrogen-bond donors (Lipinski definition) is 2. The van der Waals surface area contributed by atoms with Crippen molar-refractivity contribution >= 4 is 0 Å². The van der Waals surface area contributed by atoms with Crippen molar-refractivity contribution in [3.05, 3.63) is 24.0 Å². The molecule has 0 saturated heterocycles. The SMILES string of the molecule is NOc1ccc(F)c(O)c1. The minimum atomic E-state index is -0.694. The molecule has 0 amide bonds. The van der Waals surface area contributed by atoms with E-state index in [4.69, 9.17) is 11.0 Å². The summed E-state index contributed by atoms with van der Waals surface area (Å²) in [6.07, 6.45) is 0.